The average Bonchev–Trinajstić information content (AvgIpc) is 3.05. The third-order valence-electron chi connectivity index (χ3n) is 7.96. The van der Waals surface area contributed by atoms with Crippen LogP contribution >= 0.6 is 0 Å². The highest BCUT2D eigenvalue weighted by Gasteiger charge is 2.51. The van der Waals surface area contributed by atoms with Crippen LogP contribution in [0, 0.1) is 0 Å². The second-order valence-electron chi connectivity index (χ2n) is 11.1. The molecule has 4 heterocycles. The van der Waals surface area contributed by atoms with E-state index in [1.165, 1.54) is 0 Å². The summed E-state index contributed by atoms with van der Waals surface area (Å²) in [6.07, 6.45) is -31.1. The molecule has 0 radical (unpaired) electrons. The Morgan fingerprint density at radius 1 is 0.326 bits per heavy atom. The number of aliphatic hydroxyl groups is 16. The second kappa shape index (κ2) is 17.2. The van der Waals surface area contributed by atoms with Crippen molar-refractivity contribution in [2.75, 3.05) is 26.4 Å². The summed E-state index contributed by atoms with van der Waals surface area (Å²) in [5.41, 5.74) is 0. The first kappa shape index (κ1) is 39.6. The maximum atomic E-state index is 9.94. The Hall–Kier alpha value is -0.880. The predicted octanol–water partition coefficient (Wildman–Crippen LogP) is -10.8. The molecule has 22 nitrogen and oxygen atoms in total. The molecule has 0 spiro atoms. The normalized spacial score (nSPS) is 51.7. The lowest BCUT2D eigenvalue weighted by Crippen LogP contribution is -2.64. The molecule has 0 bridgehead atoms. The maximum Gasteiger partial charge on any atom is 0.187 e. The van der Waals surface area contributed by atoms with Gasteiger partial charge in [-0.05, 0) is 0 Å². The lowest BCUT2D eigenvalue weighted by Gasteiger charge is -2.45. The monoisotopic (exact) mass is 684 g/mol. The summed E-state index contributed by atoms with van der Waals surface area (Å²) < 4.78 is 30.5. The third-order valence-corrected chi connectivity index (χ3v) is 7.96. The van der Waals surface area contributed by atoms with Crippen molar-refractivity contribution < 1.29 is 110 Å². The van der Waals surface area contributed by atoms with Crippen LogP contribution in [0.3, 0.4) is 0 Å². The van der Waals surface area contributed by atoms with Crippen LogP contribution in [0.1, 0.15) is 0 Å². The zero-order valence-corrected chi connectivity index (χ0v) is 24.0. The van der Waals surface area contributed by atoms with Crippen LogP contribution in [0.15, 0.2) is 0 Å². The van der Waals surface area contributed by atoms with Crippen LogP contribution in [-0.4, -0.2) is 231 Å². The minimum atomic E-state index is -1.74. The fourth-order valence-corrected chi connectivity index (χ4v) is 5.14. The summed E-state index contributed by atoms with van der Waals surface area (Å²) in [4.78, 5) is 0. The van der Waals surface area contributed by atoms with Crippen LogP contribution < -0.4 is 0 Å². The van der Waals surface area contributed by atoms with Gasteiger partial charge in [-0.25, -0.2) is 0 Å². The highest BCUT2D eigenvalue weighted by Crippen LogP contribution is 2.30. The Bertz CT molecular complexity index is 826. The van der Waals surface area contributed by atoms with Crippen molar-refractivity contribution >= 4 is 0 Å². The SMILES string of the molecule is OC[C@H]1O[C@@H](O[C@H]2[C@H](O)[C@@H](O)C(O)O[C@@H]2CO)[C@H](O)[C@@H](O)[C@H]1O.OC[C@H]1O[C@@H](O[C@H]2[C@H](O)[C@@H](O)C(O)O[C@@H]2CO)[C@H](O)[C@@H](O)[C@H]1O. The molecule has 0 aromatic rings. The molecule has 0 saturated carbocycles. The second-order valence-corrected chi connectivity index (χ2v) is 11.1. The summed E-state index contributed by atoms with van der Waals surface area (Å²) in [5.74, 6) is 0. The van der Waals surface area contributed by atoms with Crippen molar-refractivity contribution in [3.05, 3.63) is 0 Å². The van der Waals surface area contributed by atoms with E-state index in [0.717, 1.165) is 0 Å². The topological polar surface area (TPSA) is 379 Å². The van der Waals surface area contributed by atoms with Gasteiger partial charge in [0, 0.05) is 0 Å². The van der Waals surface area contributed by atoms with Crippen LogP contribution in [0.2, 0.25) is 0 Å². The molecular weight excluding hydrogens is 640 g/mol. The molecule has 46 heavy (non-hydrogen) atoms. The van der Waals surface area contributed by atoms with Gasteiger partial charge in [0.2, 0.25) is 0 Å². The van der Waals surface area contributed by atoms with E-state index in [1.54, 1.807) is 0 Å². The van der Waals surface area contributed by atoms with Gasteiger partial charge in [0.05, 0.1) is 26.4 Å². The van der Waals surface area contributed by atoms with E-state index in [2.05, 4.69) is 0 Å². The van der Waals surface area contributed by atoms with Gasteiger partial charge >= 0.3 is 0 Å². The van der Waals surface area contributed by atoms with Crippen molar-refractivity contribution in [2.24, 2.45) is 0 Å². The standard InChI is InChI=1S/2C12H22O11/c2*13-1-3-5(15)6(16)9(19)12(22-3)23-10-4(2-14)21-11(20)8(18)7(10)17/h2*3-20H,1-2H2/t2*3-,4-,5+,6+,7-,8-,9-,10-,11?,12+/m11/s1. The third kappa shape index (κ3) is 8.45. The molecule has 16 N–H and O–H groups in total. The molecule has 0 amide bonds. The first-order valence-corrected chi connectivity index (χ1v) is 14.2. The number of hydrogen-bond acceptors (Lipinski definition) is 22. The number of hydrogen-bond donors (Lipinski definition) is 16. The fourth-order valence-electron chi connectivity index (χ4n) is 5.14. The van der Waals surface area contributed by atoms with E-state index in [1.807, 2.05) is 0 Å². The van der Waals surface area contributed by atoms with Crippen molar-refractivity contribution in [2.45, 2.75) is 123 Å². The Kier molecular flexibility index (Phi) is 14.8. The quantitative estimate of drug-likeness (QED) is 0.113. The largest absolute Gasteiger partial charge is 0.394 e. The lowest BCUT2D eigenvalue weighted by atomic mass is 9.97. The van der Waals surface area contributed by atoms with Crippen LogP contribution in [0.25, 0.3) is 0 Å². The van der Waals surface area contributed by atoms with E-state index >= 15 is 0 Å². The van der Waals surface area contributed by atoms with Gasteiger partial charge in [0.25, 0.3) is 0 Å². The summed E-state index contributed by atoms with van der Waals surface area (Å²) in [5, 5.41) is 153. The van der Waals surface area contributed by atoms with Gasteiger partial charge in [0.15, 0.2) is 25.2 Å². The molecule has 22 heteroatoms. The molecule has 0 aromatic heterocycles. The molecule has 20 atom stereocenters. The van der Waals surface area contributed by atoms with E-state index in [4.69, 9.17) is 38.6 Å². The molecule has 4 aliphatic heterocycles. The molecule has 272 valence electrons. The lowest BCUT2D eigenvalue weighted by molar-refractivity contribution is -0.355. The molecule has 0 aromatic carbocycles. The molecule has 4 rings (SSSR count). The Labute approximate surface area is 260 Å². The Balaban J connectivity index is 0.000000250. The van der Waals surface area contributed by atoms with E-state index < -0.39 is 149 Å². The maximum absolute atomic E-state index is 9.94. The molecule has 0 aliphatic carbocycles. The summed E-state index contributed by atoms with van der Waals surface area (Å²) in [6, 6.07) is 0. The Morgan fingerprint density at radius 3 is 0.913 bits per heavy atom. The van der Waals surface area contributed by atoms with E-state index in [0.29, 0.717) is 0 Å². The van der Waals surface area contributed by atoms with Gasteiger partial charge in [-0.2, -0.15) is 0 Å². The fraction of sp³-hybridized carbons (Fsp3) is 1.00. The number of ether oxygens (including phenoxy) is 6. The molecule has 4 saturated heterocycles. The summed E-state index contributed by atoms with van der Waals surface area (Å²) >= 11 is 0. The van der Waals surface area contributed by atoms with Gasteiger partial charge in [0.1, 0.15) is 97.7 Å². The number of rotatable bonds is 8. The molecule has 4 fully saturated rings. The molecule has 4 aliphatic rings. The van der Waals surface area contributed by atoms with Gasteiger partial charge in [-0.3, -0.25) is 0 Å². The predicted molar refractivity (Wildman–Crippen MR) is 137 cm³/mol. The van der Waals surface area contributed by atoms with Crippen molar-refractivity contribution in [3.8, 4) is 0 Å². The summed E-state index contributed by atoms with van der Waals surface area (Å²) in [6.45, 7) is -2.69. The van der Waals surface area contributed by atoms with E-state index in [9.17, 15) is 71.5 Å². The molecular formula is C24H44O22. The smallest absolute Gasteiger partial charge is 0.187 e. The first-order valence-electron chi connectivity index (χ1n) is 14.2. The van der Waals surface area contributed by atoms with Crippen LogP contribution in [0.4, 0.5) is 0 Å². The van der Waals surface area contributed by atoms with E-state index in [-0.39, 0.29) is 0 Å². The zero-order valence-electron chi connectivity index (χ0n) is 24.0. The zero-order chi connectivity index (χ0) is 34.6. The van der Waals surface area contributed by atoms with Gasteiger partial charge < -0.3 is 110 Å². The minimum Gasteiger partial charge on any atom is -0.394 e. The van der Waals surface area contributed by atoms with Gasteiger partial charge in [-0.15, -0.1) is 0 Å². The molecule has 2 unspecified atom stereocenters. The highest BCUT2D eigenvalue weighted by atomic mass is 16.7. The van der Waals surface area contributed by atoms with Crippen molar-refractivity contribution in [1.29, 1.82) is 0 Å². The van der Waals surface area contributed by atoms with Crippen LogP contribution in [0.5, 0.6) is 0 Å². The first-order chi connectivity index (χ1) is 21.6. The summed E-state index contributed by atoms with van der Waals surface area (Å²) in [7, 11) is 0. The number of aliphatic hydroxyl groups excluding tert-OH is 16. The van der Waals surface area contributed by atoms with Crippen LogP contribution in [-0.2, 0) is 28.4 Å². The van der Waals surface area contributed by atoms with Crippen molar-refractivity contribution in [1.82, 2.24) is 0 Å². The van der Waals surface area contributed by atoms with Crippen molar-refractivity contribution in [3.63, 3.8) is 0 Å². The average molecular weight is 685 g/mol. The highest BCUT2D eigenvalue weighted by molar-refractivity contribution is 4.95. The minimum absolute atomic E-state index is 0.667. The van der Waals surface area contributed by atoms with Gasteiger partial charge in [-0.1, -0.05) is 0 Å². The Morgan fingerprint density at radius 2 is 0.630 bits per heavy atom.